The van der Waals surface area contributed by atoms with Gasteiger partial charge in [0.05, 0.1) is 19.5 Å². The Kier molecular flexibility index (Phi) is 7.80. The van der Waals surface area contributed by atoms with Gasteiger partial charge in [0.15, 0.2) is 12.4 Å². The molecule has 35 heavy (non-hydrogen) atoms. The predicted octanol–water partition coefficient (Wildman–Crippen LogP) is 4.71. The molecule has 2 fully saturated rings. The molecular weight excluding hydrogens is 487 g/mol. The topological polar surface area (TPSA) is 52.0 Å². The molecule has 0 bridgehead atoms. The van der Waals surface area contributed by atoms with Crippen LogP contribution >= 0.6 is 23.2 Å². The normalized spacial score (nSPS) is 21.9. The van der Waals surface area contributed by atoms with Gasteiger partial charge in [-0.3, -0.25) is 4.90 Å². The highest BCUT2D eigenvalue weighted by Crippen LogP contribution is 2.36. The van der Waals surface area contributed by atoms with Crippen LogP contribution in [0.25, 0.3) is 0 Å². The smallest absolute Gasteiger partial charge is 0.176 e. The van der Waals surface area contributed by atoms with E-state index >= 15 is 0 Å². The number of hydrogen-bond acceptors (Lipinski definition) is 6. The van der Waals surface area contributed by atoms with Gasteiger partial charge in [0.25, 0.3) is 0 Å². The molecule has 9 heteroatoms. The number of piperazine rings is 1. The van der Waals surface area contributed by atoms with Gasteiger partial charge in [-0.05, 0) is 49.9 Å². The summed E-state index contributed by atoms with van der Waals surface area (Å²) < 4.78 is 20.6. The summed E-state index contributed by atoms with van der Waals surface area (Å²) in [5, 5.41) is 1.10. The zero-order valence-corrected chi connectivity index (χ0v) is 20.9. The Bertz CT molecular complexity index is 1090. The molecule has 1 aromatic heterocycles. The predicted molar refractivity (Wildman–Crippen MR) is 137 cm³/mol. The molecule has 1 radical (unpaired) electrons. The van der Waals surface area contributed by atoms with Crippen LogP contribution in [0.3, 0.4) is 0 Å². The fourth-order valence-electron chi connectivity index (χ4n) is 4.48. The van der Waals surface area contributed by atoms with Gasteiger partial charge in [0, 0.05) is 59.9 Å². The third-order valence-corrected chi connectivity index (χ3v) is 7.01. The van der Waals surface area contributed by atoms with Gasteiger partial charge in [-0.15, -0.1) is 0 Å². The van der Waals surface area contributed by atoms with Crippen LogP contribution in [-0.2, 0) is 16.0 Å². The Labute approximate surface area is 216 Å². The van der Waals surface area contributed by atoms with E-state index in [1.165, 1.54) is 5.69 Å². The average molecular weight is 516 g/mol. The van der Waals surface area contributed by atoms with Crippen molar-refractivity contribution in [1.29, 1.82) is 0 Å². The zero-order chi connectivity index (χ0) is 24.2. The standard InChI is InChI=1S/C26H29Cl2N4O3/c1-2-30-11-13-32(14-12-30)20-4-6-21(7-5-20)34-26(22-8-3-19(27)15-23(22)28)24-17-33-25(35-24)16-31-10-9-29-18-31/h3-10,15,18,24-26H,1-2,11-14,16-17H2/t24-,25-,26?/m0/s1. The van der Waals surface area contributed by atoms with Crippen LogP contribution in [0.5, 0.6) is 5.75 Å². The number of halogens is 2. The molecule has 5 rings (SSSR count). The fraction of sp³-hybridized carbons (Fsp3) is 0.385. The summed E-state index contributed by atoms with van der Waals surface area (Å²) in [6.07, 6.45) is 4.16. The van der Waals surface area contributed by atoms with E-state index in [1.807, 2.05) is 35.0 Å². The number of nitrogens with zero attached hydrogens (tertiary/aromatic N) is 4. The monoisotopic (exact) mass is 515 g/mol. The van der Waals surface area contributed by atoms with Crippen LogP contribution in [0.2, 0.25) is 10.0 Å². The van der Waals surface area contributed by atoms with E-state index in [9.17, 15) is 0 Å². The molecule has 3 heterocycles. The summed E-state index contributed by atoms with van der Waals surface area (Å²) in [5.74, 6) is 0.739. The minimum absolute atomic E-state index is 0.336. The van der Waals surface area contributed by atoms with Crippen molar-refractivity contribution >= 4 is 28.9 Å². The van der Waals surface area contributed by atoms with Crippen molar-refractivity contribution in [3.63, 3.8) is 0 Å². The number of imidazole rings is 1. The van der Waals surface area contributed by atoms with Gasteiger partial charge in [-0.25, -0.2) is 4.98 Å². The van der Waals surface area contributed by atoms with Crippen molar-refractivity contribution in [1.82, 2.24) is 14.5 Å². The van der Waals surface area contributed by atoms with Gasteiger partial charge < -0.3 is 23.7 Å². The molecule has 2 aromatic carbocycles. The Morgan fingerprint density at radius 2 is 1.89 bits per heavy atom. The molecule has 0 saturated carbocycles. The second-order valence-electron chi connectivity index (χ2n) is 8.72. The first kappa shape index (κ1) is 24.4. The van der Waals surface area contributed by atoms with Crippen LogP contribution in [0, 0.1) is 6.92 Å². The molecule has 7 nitrogen and oxygen atoms in total. The first-order chi connectivity index (χ1) is 17.1. The number of aromatic nitrogens is 2. The first-order valence-corrected chi connectivity index (χ1v) is 12.6. The molecule has 0 aliphatic carbocycles. The second-order valence-corrected chi connectivity index (χ2v) is 9.57. The Morgan fingerprint density at radius 3 is 2.57 bits per heavy atom. The van der Waals surface area contributed by atoms with Crippen molar-refractivity contribution in [3.8, 4) is 5.75 Å². The molecule has 1 unspecified atom stereocenters. The lowest BCUT2D eigenvalue weighted by molar-refractivity contribution is -0.0851. The zero-order valence-electron chi connectivity index (χ0n) is 19.4. The quantitative estimate of drug-likeness (QED) is 0.433. The summed E-state index contributed by atoms with van der Waals surface area (Å²) in [4.78, 5) is 8.83. The van der Waals surface area contributed by atoms with Crippen LogP contribution < -0.4 is 9.64 Å². The van der Waals surface area contributed by atoms with Crippen molar-refractivity contribution in [2.45, 2.75) is 25.0 Å². The average Bonchev–Trinajstić information content (AvgIpc) is 3.56. The molecule has 2 aliphatic heterocycles. The van der Waals surface area contributed by atoms with E-state index < -0.39 is 12.4 Å². The Morgan fingerprint density at radius 1 is 1.09 bits per heavy atom. The minimum Gasteiger partial charge on any atom is -0.483 e. The molecule has 2 saturated heterocycles. The van der Waals surface area contributed by atoms with Crippen molar-refractivity contribution in [2.24, 2.45) is 0 Å². The van der Waals surface area contributed by atoms with Crippen molar-refractivity contribution < 1.29 is 14.2 Å². The number of hydrogen-bond donors (Lipinski definition) is 0. The molecule has 2 aliphatic rings. The lowest BCUT2D eigenvalue weighted by Crippen LogP contribution is -2.46. The molecule has 3 atom stereocenters. The van der Waals surface area contributed by atoms with E-state index in [-0.39, 0.29) is 6.10 Å². The van der Waals surface area contributed by atoms with Gasteiger partial charge in [0.2, 0.25) is 0 Å². The van der Waals surface area contributed by atoms with Gasteiger partial charge >= 0.3 is 0 Å². The van der Waals surface area contributed by atoms with Gasteiger partial charge in [-0.2, -0.15) is 0 Å². The number of anilines is 1. The first-order valence-electron chi connectivity index (χ1n) is 11.8. The third-order valence-electron chi connectivity index (χ3n) is 6.45. The van der Waals surface area contributed by atoms with Gasteiger partial charge in [-0.1, -0.05) is 29.3 Å². The number of benzene rings is 2. The van der Waals surface area contributed by atoms with Crippen LogP contribution in [0.1, 0.15) is 11.7 Å². The maximum atomic E-state index is 6.58. The highest BCUT2D eigenvalue weighted by Gasteiger charge is 2.36. The van der Waals surface area contributed by atoms with Crippen LogP contribution in [-0.4, -0.2) is 66.2 Å². The summed E-state index contributed by atoms with van der Waals surface area (Å²) in [6.45, 7) is 9.81. The molecular formula is C26H29Cl2N4O3. The second kappa shape index (κ2) is 11.2. The van der Waals surface area contributed by atoms with E-state index in [0.717, 1.165) is 44.0 Å². The Hall–Kier alpha value is -2.29. The lowest BCUT2D eigenvalue weighted by Gasteiger charge is -2.35. The number of rotatable bonds is 8. The molecule has 0 spiro atoms. The summed E-state index contributed by atoms with van der Waals surface area (Å²) >= 11 is 12.7. The van der Waals surface area contributed by atoms with Crippen molar-refractivity contribution in [3.05, 3.63) is 83.7 Å². The highest BCUT2D eigenvalue weighted by molar-refractivity contribution is 6.35. The minimum atomic E-state index is -0.459. The largest absolute Gasteiger partial charge is 0.483 e. The van der Waals surface area contributed by atoms with Crippen LogP contribution in [0.15, 0.2) is 61.2 Å². The molecule has 0 amide bonds. The molecule has 0 N–H and O–H groups in total. The van der Waals surface area contributed by atoms with Crippen LogP contribution in [0.4, 0.5) is 5.69 Å². The highest BCUT2D eigenvalue weighted by atomic mass is 35.5. The number of ether oxygens (including phenoxy) is 3. The maximum Gasteiger partial charge on any atom is 0.176 e. The SMILES string of the molecule is [CH2]CN1CCN(c2ccc(OC(c3ccc(Cl)cc3Cl)[C@@H]3CO[C@H](Cn4ccnc4)O3)cc2)CC1. The van der Waals surface area contributed by atoms with Crippen molar-refractivity contribution in [2.75, 3.05) is 44.2 Å². The molecule has 3 aromatic rings. The summed E-state index contributed by atoms with van der Waals surface area (Å²) in [6, 6.07) is 13.6. The third kappa shape index (κ3) is 5.93. The fourth-order valence-corrected chi connectivity index (χ4v) is 5.00. The van der Waals surface area contributed by atoms with E-state index in [0.29, 0.717) is 23.2 Å². The summed E-state index contributed by atoms with van der Waals surface area (Å²) in [7, 11) is 0. The summed E-state index contributed by atoms with van der Waals surface area (Å²) in [5.41, 5.74) is 1.99. The van der Waals surface area contributed by atoms with Gasteiger partial charge in [0.1, 0.15) is 11.9 Å². The lowest BCUT2D eigenvalue weighted by atomic mass is 10.0. The molecule has 185 valence electrons. The maximum absolute atomic E-state index is 6.58. The van der Waals surface area contributed by atoms with E-state index in [2.05, 4.69) is 33.8 Å². The Balaban J connectivity index is 1.31. The van der Waals surface area contributed by atoms with E-state index in [1.54, 1.807) is 18.6 Å². The van der Waals surface area contributed by atoms with E-state index in [4.69, 9.17) is 37.4 Å².